The van der Waals surface area contributed by atoms with E-state index in [-0.39, 0.29) is 7.92 Å². The van der Waals surface area contributed by atoms with E-state index in [0.717, 1.165) is 0 Å². The highest BCUT2D eigenvalue weighted by atomic mass is 31.1. The zero-order valence-corrected chi connectivity index (χ0v) is 10.2. The molecule has 1 rings (SSSR count). The van der Waals surface area contributed by atoms with Gasteiger partial charge in [-0.1, -0.05) is 49.0 Å². The van der Waals surface area contributed by atoms with Crippen molar-refractivity contribution in [3.05, 3.63) is 0 Å². The Morgan fingerprint density at radius 1 is 1.00 bits per heavy atom. The van der Waals surface area contributed by atoms with Gasteiger partial charge < -0.3 is 0 Å². The minimum atomic E-state index is 0.244. The van der Waals surface area contributed by atoms with Crippen molar-refractivity contribution in [2.45, 2.75) is 64.2 Å². The van der Waals surface area contributed by atoms with Gasteiger partial charge in [-0.3, -0.25) is 0 Å². The summed E-state index contributed by atoms with van der Waals surface area (Å²) in [4.78, 5) is 0. The fourth-order valence-electron chi connectivity index (χ4n) is 2.90. The zero-order valence-electron chi connectivity index (χ0n) is 9.28. The van der Waals surface area contributed by atoms with E-state index in [0.29, 0.717) is 10.3 Å². The summed E-state index contributed by atoms with van der Waals surface area (Å²) in [6, 6.07) is 0. The van der Waals surface area contributed by atoms with Crippen molar-refractivity contribution in [2.75, 3.05) is 6.16 Å². The molecule has 0 amide bonds. The summed E-state index contributed by atoms with van der Waals surface area (Å²) in [5, 5.41) is 1.29. The molecular formula is C11H23P. The van der Waals surface area contributed by atoms with Gasteiger partial charge in [-0.15, -0.1) is 0 Å². The predicted octanol–water partition coefficient (Wildman–Crippen LogP) is 4.23. The summed E-state index contributed by atoms with van der Waals surface area (Å²) in [7, 11) is 0.244. The highest BCUT2D eigenvalue weighted by Crippen LogP contribution is 2.65. The van der Waals surface area contributed by atoms with Crippen LogP contribution in [-0.2, 0) is 0 Å². The number of hydrogen-bond acceptors (Lipinski definition) is 0. The molecule has 0 aromatic carbocycles. The average Bonchev–Trinajstić information content (AvgIpc) is 1.83. The van der Waals surface area contributed by atoms with Crippen molar-refractivity contribution in [1.29, 1.82) is 0 Å². The van der Waals surface area contributed by atoms with Crippen LogP contribution in [0, 0.1) is 0 Å². The van der Waals surface area contributed by atoms with Crippen LogP contribution < -0.4 is 0 Å². The minimum absolute atomic E-state index is 0.244. The van der Waals surface area contributed by atoms with Crippen molar-refractivity contribution >= 4 is 7.92 Å². The second kappa shape index (κ2) is 3.29. The van der Waals surface area contributed by atoms with E-state index in [1.165, 1.54) is 25.4 Å². The molecule has 0 N–H and O–H groups in total. The molecule has 0 aromatic rings. The average molecular weight is 186 g/mol. The maximum absolute atomic E-state index is 2.48. The number of rotatable bonds is 1. The molecular weight excluding hydrogens is 163 g/mol. The smallest absolute Gasteiger partial charge is 0.0146 e. The Hall–Kier alpha value is 0.430. The van der Waals surface area contributed by atoms with Crippen molar-refractivity contribution in [2.24, 2.45) is 0 Å². The Balaban J connectivity index is 2.81. The number of hydrogen-bond donors (Lipinski definition) is 0. The molecule has 0 bridgehead atoms. The molecule has 12 heavy (non-hydrogen) atoms. The molecule has 1 heterocycles. The van der Waals surface area contributed by atoms with Crippen LogP contribution in [0.15, 0.2) is 0 Å². The van der Waals surface area contributed by atoms with Crippen LogP contribution in [0.4, 0.5) is 0 Å². The van der Waals surface area contributed by atoms with Gasteiger partial charge in [-0.25, -0.2) is 0 Å². The quantitative estimate of drug-likeness (QED) is 0.537. The molecule has 1 aliphatic heterocycles. The predicted molar refractivity (Wildman–Crippen MR) is 59.5 cm³/mol. The van der Waals surface area contributed by atoms with Crippen LogP contribution in [-0.4, -0.2) is 16.5 Å². The lowest BCUT2D eigenvalue weighted by atomic mass is 9.98. The molecule has 1 aliphatic rings. The van der Waals surface area contributed by atoms with Gasteiger partial charge in [-0.05, 0) is 29.3 Å². The summed E-state index contributed by atoms with van der Waals surface area (Å²) in [5.41, 5.74) is 0. The summed E-state index contributed by atoms with van der Waals surface area (Å²) in [5.74, 6) is 0. The monoisotopic (exact) mass is 186 g/mol. The molecule has 0 saturated carbocycles. The van der Waals surface area contributed by atoms with Gasteiger partial charge in [0.15, 0.2) is 0 Å². The largest absolute Gasteiger partial charge is 0.0954 e. The van der Waals surface area contributed by atoms with Gasteiger partial charge in [0, 0.05) is 0 Å². The van der Waals surface area contributed by atoms with Gasteiger partial charge in [0.05, 0.1) is 0 Å². The lowest BCUT2D eigenvalue weighted by Crippen LogP contribution is -2.35. The van der Waals surface area contributed by atoms with Crippen molar-refractivity contribution in [3.63, 3.8) is 0 Å². The van der Waals surface area contributed by atoms with Gasteiger partial charge in [0.25, 0.3) is 0 Å². The molecule has 0 atom stereocenters. The molecule has 0 radical (unpaired) electrons. The molecule has 1 fully saturated rings. The fourth-order valence-corrected chi connectivity index (χ4v) is 7.11. The van der Waals surface area contributed by atoms with Crippen LogP contribution in [0.2, 0.25) is 0 Å². The van der Waals surface area contributed by atoms with Crippen LogP contribution in [0.1, 0.15) is 53.9 Å². The van der Waals surface area contributed by atoms with Gasteiger partial charge in [0.2, 0.25) is 0 Å². The Morgan fingerprint density at radius 3 is 1.67 bits per heavy atom. The van der Waals surface area contributed by atoms with Gasteiger partial charge >= 0.3 is 0 Å². The molecule has 0 unspecified atom stereocenters. The standard InChI is InChI=1S/C11H23P/c1-6-12-10(2,3)8-7-9-11(12,4)5/h6-9H2,1-5H3. The second-order valence-corrected chi connectivity index (χ2v) is 9.13. The third kappa shape index (κ3) is 1.84. The highest BCUT2D eigenvalue weighted by molar-refractivity contribution is 7.60. The molecule has 1 saturated heterocycles. The third-order valence-corrected chi connectivity index (χ3v) is 7.36. The van der Waals surface area contributed by atoms with Crippen molar-refractivity contribution in [3.8, 4) is 0 Å². The van der Waals surface area contributed by atoms with Crippen LogP contribution in [0.5, 0.6) is 0 Å². The normalized spacial score (nSPS) is 28.8. The second-order valence-electron chi connectivity index (χ2n) is 5.22. The van der Waals surface area contributed by atoms with Crippen LogP contribution in [0.25, 0.3) is 0 Å². The molecule has 0 aliphatic carbocycles. The van der Waals surface area contributed by atoms with E-state index >= 15 is 0 Å². The van der Waals surface area contributed by atoms with Crippen LogP contribution >= 0.6 is 7.92 Å². The highest BCUT2D eigenvalue weighted by Gasteiger charge is 2.41. The summed E-state index contributed by atoms with van der Waals surface area (Å²) in [6.45, 7) is 12.3. The SMILES string of the molecule is CCP1C(C)(C)CCCC1(C)C. The van der Waals surface area contributed by atoms with E-state index in [2.05, 4.69) is 34.6 Å². The van der Waals surface area contributed by atoms with E-state index in [1.54, 1.807) is 0 Å². The Morgan fingerprint density at radius 2 is 1.42 bits per heavy atom. The lowest BCUT2D eigenvalue weighted by Gasteiger charge is -2.49. The van der Waals surface area contributed by atoms with E-state index < -0.39 is 0 Å². The fraction of sp³-hybridized carbons (Fsp3) is 1.00. The van der Waals surface area contributed by atoms with Crippen molar-refractivity contribution < 1.29 is 0 Å². The van der Waals surface area contributed by atoms with Crippen molar-refractivity contribution in [1.82, 2.24) is 0 Å². The third-order valence-electron chi connectivity index (χ3n) is 3.35. The Kier molecular flexibility index (Phi) is 2.88. The van der Waals surface area contributed by atoms with E-state index in [1.807, 2.05) is 0 Å². The van der Waals surface area contributed by atoms with Crippen LogP contribution in [0.3, 0.4) is 0 Å². The zero-order chi connectivity index (χ0) is 9.41. The van der Waals surface area contributed by atoms with Gasteiger partial charge in [-0.2, -0.15) is 0 Å². The van der Waals surface area contributed by atoms with E-state index in [9.17, 15) is 0 Å². The first-order valence-electron chi connectivity index (χ1n) is 5.18. The lowest BCUT2D eigenvalue weighted by molar-refractivity contribution is 0.466. The first-order valence-corrected chi connectivity index (χ1v) is 6.70. The topological polar surface area (TPSA) is 0 Å². The van der Waals surface area contributed by atoms with Gasteiger partial charge in [0.1, 0.15) is 0 Å². The maximum atomic E-state index is 2.48. The van der Waals surface area contributed by atoms with E-state index in [4.69, 9.17) is 0 Å². The first kappa shape index (κ1) is 10.5. The molecule has 0 nitrogen and oxygen atoms in total. The maximum Gasteiger partial charge on any atom is -0.0146 e. The molecule has 1 heteroatoms. The molecule has 72 valence electrons. The Labute approximate surface area is 78.9 Å². The Bertz CT molecular complexity index is 142. The summed E-state index contributed by atoms with van der Waals surface area (Å²) >= 11 is 0. The summed E-state index contributed by atoms with van der Waals surface area (Å²) in [6.07, 6.45) is 5.76. The first-order chi connectivity index (χ1) is 5.40. The molecule has 0 spiro atoms. The summed E-state index contributed by atoms with van der Waals surface area (Å²) < 4.78 is 0. The molecule has 0 aromatic heterocycles. The minimum Gasteiger partial charge on any atom is -0.0954 e.